The zero-order valence-electron chi connectivity index (χ0n) is 16.1. The minimum absolute atomic E-state index is 0.0244. The topological polar surface area (TPSA) is 54.4 Å². The highest BCUT2D eigenvalue weighted by Crippen LogP contribution is 2.70. The van der Waals surface area contributed by atoms with E-state index in [0.29, 0.717) is 6.42 Å². The number of fused-ring (bicyclic) bond motifs is 5. The summed E-state index contributed by atoms with van der Waals surface area (Å²) in [5, 5.41) is 11.4. The molecule has 0 amide bonds. The number of Topliss-reactive ketones (excluding diaryl/α,β-unsaturated/α-hetero) is 1. The number of carbonyl (C=O) groups is 2. The lowest BCUT2D eigenvalue weighted by Crippen LogP contribution is -2.66. The molecule has 0 aromatic carbocycles. The van der Waals surface area contributed by atoms with Crippen molar-refractivity contribution >= 4 is 23.2 Å². The number of carbonyl (C=O) groups excluding carboxylic acids is 2. The molecule has 3 nitrogen and oxygen atoms in total. The minimum Gasteiger partial charge on any atom is -0.381 e. The standard InChI is InChI=1S/C22H26ClFO3/c1-12-9-17-16-6-5-14-10-15(26)7-8-19(14,3)21(16,23)18(24)11-20(17,4)22(12,27)13(2)25/h5-8,10,12,16-18,27H,9,11H2,1-4H3/t12?,16-,17-,18?,19-,20-,21-,22-/m0/s1. The molecule has 0 saturated heterocycles. The Morgan fingerprint density at radius 2 is 2.00 bits per heavy atom. The molecule has 4 aliphatic rings. The normalized spacial score (nSPS) is 53.4. The smallest absolute Gasteiger partial charge is 0.178 e. The van der Waals surface area contributed by atoms with Crippen LogP contribution in [-0.2, 0) is 9.59 Å². The summed E-state index contributed by atoms with van der Waals surface area (Å²) in [6, 6.07) is 0. The molecule has 2 unspecified atom stereocenters. The molecular weight excluding hydrogens is 367 g/mol. The Bertz CT molecular complexity index is 831. The van der Waals surface area contributed by atoms with Crippen LogP contribution in [0, 0.1) is 28.6 Å². The van der Waals surface area contributed by atoms with Gasteiger partial charge in [0, 0.05) is 16.7 Å². The Kier molecular flexibility index (Phi) is 3.83. The zero-order valence-corrected chi connectivity index (χ0v) is 16.9. The molecule has 0 spiro atoms. The lowest BCUT2D eigenvalue weighted by molar-refractivity contribution is -0.166. The van der Waals surface area contributed by atoms with Crippen molar-refractivity contribution in [3.8, 4) is 0 Å². The molecule has 5 heteroatoms. The van der Waals surface area contributed by atoms with Gasteiger partial charge in [-0.2, -0.15) is 0 Å². The highest BCUT2D eigenvalue weighted by molar-refractivity contribution is 6.26. The van der Waals surface area contributed by atoms with E-state index in [1.54, 1.807) is 6.08 Å². The third-order valence-electron chi connectivity index (χ3n) is 8.28. The quantitative estimate of drug-likeness (QED) is 0.687. The van der Waals surface area contributed by atoms with Gasteiger partial charge < -0.3 is 5.11 Å². The fourth-order valence-corrected chi connectivity index (χ4v) is 7.17. The van der Waals surface area contributed by atoms with Crippen molar-refractivity contribution in [3.05, 3.63) is 36.0 Å². The fraction of sp³-hybridized carbons (Fsp3) is 0.636. The zero-order chi connectivity index (χ0) is 20.0. The number of allylic oxidation sites excluding steroid dienone is 6. The number of rotatable bonds is 1. The third kappa shape index (κ3) is 1.96. The van der Waals surface area contributed by atoms with E-state index in [1.807, 2.05) is 32.9 Å². The van der Waals surface area contributed by atoms with E-state index < -0.39 is 27.5 Å². The summed E-state index contributed by atoms with van der Waals surface area (Å²) >= 11 is 7.14. The van der Waals surface area contributed by atoms with Gasteiger partial charge in [-0.25, -0.2) is 4.39 Å². The minimum atomic E-state index is -1.55. The summed E-state index contributed by atoms with van der Waals surface area (Å²) in [6.07, 6.45) is 7.71. The average Bonchev–Trinajstić information content (AvgIpc) is 2.79. The van der Waals surface area contributed by atoms with Gasteiger partial charge in [0.2, 0.25) is 0 Å². The average molecular weight is 393 g/mol. The molecule has 8 atom stereocenters. The van der Waals surface area contributed by atoms with Crippen molar-refractivity contribution < 1.29 is 19.1 Å². The Labute approximate surface area is 164 Å². The van der Waals surface area contributed by atoms with Gasteiger partial charge in [0.1, 0.15) is 11.8 Å². The molecule has 0 radical (unpaired) electrons. The lowest BCUT2D eigenvalue weighted by atomic mass is 9.47. The van der Waals surface area contributed by atoms with Crippen LogP contribution >= 0.6 is 11.6 Å². The van der Waals surface area contributed by atoms with Crippen molar-refractivity contribution in [2.45, 2.75) is 57.2 Å². The van der Waals surface area contributed by atoms with Crippen molar-refractivity contribution in [1.29, 1.82) is 0 Å². The van der Waals surface area contributed by atoms with Crippen molar-refractivity contribution in [2.24, 2.45) is 28.6 Å². The number of hydrogen-bond donors (Lipinski definition) is 1. The van der Waals surface area contributed by atoms with E-state index in [9.17, 15) is 14.7 Å². The molecular formula is C22H26ClFO3. The summed E-state index contributed by atoms with van der Waals surface area (Å²) < 4.78 is 15.9. The first-order valence-corrected chi connectivity index (χ1v) is 10.0. The van der Waals surface area contributed by atoms with E-state index in [1.165, 1.54) is 19.1 Å². The first kappa shape index (κ1) is 19.1. The van der Waals surface area contributed by atoms with Gasteiger partial charge >= 0.3 is 0 Å². The first-order valence-electron chi connectivity index (χ1n) is 9.63. The van der Waals surface area contributed by atoms with E-state index in [4.69, 9.17) is 11.6 Å². The predicted molar refractivity (Wildman–Crippen MR) is 102 cm³/mol. The second-order valence-corrected chi connectivity index (χ2v) is 9.97. The maximum atomic E-state index is 15.9. The largest absolute Gasteiger partial charge is 0.381 e. The second kappa shape index (κ2) is 5.42. The van der Waals surface area contributed by atoms with Crippen LogP contribution in [0.4, 0.5) is 4.39 Å². The Morgan fingerprint density at radius 1 is 1.33 bits per heavy atom. The van der Waals surface area contributed by atoms with Gasteiger partial charge in [-0.3, -0.25) is 9.59 Å². The molecule has 4 aliphatic carbocycles. The van der Waals surface area contributed by atoms with Crippen molar-refractivity contribution in [3.63, 3.8) is 0 Å². The van der Waals surface area contributed by atoms with Crippen molar-refractivity contribution in [1.82, 2.24) is 0 Å². The van der Waals surface area contributed by atoms with Gasteiger partial charge in [-0.15, -0.1) is 11.6 Å². The van der Waals surface area contributed by atoms with Crippen LogP contribution in [0.25, 0.3) is 0 Å². The second-order valence-electron chi connectivity index (χ2n) is 9.35. The monoisotopic (exact) mass is 392 g/mol. The van der Waals surface area contributed by atoms with Crippen LogP contribution in [-0.4, -0.2) is 33.3 Å². The Hall–Kier alpha value is -1.26. The maximum absolute atomic E-state index is 15.9. The number of halogens is 2. The molecule has 0 heterocycles. The SMILES string of the molecule is CC(=O)[C@@]1(O)C(C)C[C@H]2[C@@H]3C=CC4=CC(=O)C=C[C@]4(C)[C@@]3(Cl)C(F)C[C@@]21C. The summed E-state index contributed by atoms with van der Waals surface area (Å²) in [5.41, 5.74) is -2.52. The highest BCUT2D eigenvalue weighted by atomic mass is 35.5. The molecule has 1 N–H and O–H groups in total. The summed E-state index contributed by atoms with van der Waals surface area (Å²) in [4.78, 5) is 23.0. The first-order chi connectivity index (χ1) is 12.4. The number of ketones is 2. The third-order valence-corrected chi connectivity index (χ3v) is 9.16. The van der Waals surface area contributed by atoms with Crippen LogP contribution < -0.4 is 0 Å². The van der Waals surface area contributed by atoms with Crippen LogP contribution in [0.3, 0.4) is 0 Å². The van der Waals surface area contributed by atoms with E-state index in [2.05, 4.69) is 0 Å². The molecule has 2 saturated carbocycles. The summed E-state index contributed by atoms with van der Waals surface area (Å²) in [6.45, 7) is 6.99. The lowest BCUT2D eigenvalue weighted by Gasteiger charge is -2.61. The Balaban J connectivity index is 1.90. The fourth-order valence-electron chi connectivity index (χ4n) is 6.70. The molecule has 146 valence electrons. The van der Waals surface area contributed by atoms with Crippen LogP contribution in [0.5, 0.6) is 0 Å². The molecule has 4 rings (SSSR count). The summed E-state index contributed by atoms with van der Waals surface area (Å²) in [5.74, 6) is -1.15. The molecule has 0 aromatic heterocycles. The Morgan fingerprint density at radius 3 is 2.63 bits per heavy atom. The molecule has 27 heavy (non-hydrogen) atoms. The van der Waals surface area contributed by atoms with Gasteiger partial charge in [-0.05, 0) is 49.3 Å². The van der Waals surface area contributed by atoms with Crippen LogP contribution in [0.15, 0.2) is 36.0 Å². The summed E-state index contributed by atoms with van der Waals surface area (Å²) in [7, 11) is 0. The van der Waals surface area contributed by atoms with E-state index in [-0.39, 0.29) is 35.7 Å². The van der Waals surface area contributed by atoms with Gasteiger partial charge in [0.25, 0.3) is 0 Å². The van der Waals surface area contributed by atoms with Crippen LogP contribution in [0.1, 0.15) is 40.5 Å². The van der Waals surface area contributed by atoms with Crippen LogP contribution in [0.2, 0.25) is 0 Å². The molecule has 0 aliphatic heterocycles. The maximum Gasteiger partial charge on any atom is 0.178 e. The molecule has 2 fully saturated rings. The van der Waals surface area contributed by atoms with E-state index >= 15 is 4.39 Å². The molecule has 0 aromatic rings. The van der Waals surface area contributed by atoms with E-state index in [0.717, 1.165) is 5.57 Å². The number of hydrogen-bond acceptors (Lipinski definition) is 3. The number of alkyl halides is 2. The van der Waals surface area contributed by atoms with Gasteiger partial charge in [0.15, 0.2) is 11.6 Å². The van der Waals surface area contributed by atoms with Gasteiger partial charge in [-0.1, -0.05) is 39.0 Å². The highest BCUT2D eigenvalue weighted by Gasteiger charge is 2.74. The predicted octanol–water partition coefficient (Wildman–Crippen LogP) is 3.95. The van der Waals surface area contributed by atoms with Gasteiger partial charge in [0.05, 0.1) is 4.87 Å². The molecule has 0 bridgehead atoms. The number of aliphatic hydroxyl groups is 1. The van der Waals surface area contributed by atoms with Crippen molar-refractivity contribution in [2.75, 3.05) is 0 Å².